The lowest BCUT2D eigenvalue weighted by Gasteiger charge is -2.47. The summed E-state index contributed by atoms with van der Waals surface area (Å²) in [6.45, 7) is 4.01. The van der Waals surface area contributed by atoms with Gasteiger partial charge in [-0.2, -0.15) is 0 Å². The van der Waals surface area contributed by atoms with Gasteiger partial charge in [0, 0.05) is 52.0 Å². The van der Waals surface area contributed by atoms with Gasteiger partial charge in [-0.05, 0) is 44.5 Å². The van der Waals surface area contributed by atoms with Crippen molar-refractivity contribution >= 4 is 29.5 Å². The standard InChI is InChI=1S/C20H27N5O.ClH/c1-23(2)15-5-6-16-18(13-15)26-19-14-20(24(3)4,8-7-17(19)22-16)25-11-9-21-10-12-25;/h5-8,13-14,21H,9-12H2,1-4H3;1H. The fourth-order valence-electron chi connectivity index (χ4n) is 3.76. The van der Waals surface area contributed by atoms with Gasteiger partial charge in [0.2, 0.25) is 0 Å². The fraction of sp³-hybridized carbons (Fsp3) is 0.450. The van der Waals surface area contributed by atoms with Gasteiger partial charge in [-0.15, -0.1) is 12.4 Å². The molecule has 1 aliphatic carbocycles. The molecule has 2 heterocycles. The maximum absolute atomic E-state index is 6.31. The Morgan fingerprint density at radius 3 is 2.56 bits per heavy atom. The van der Waals surface area contributed by atoms with Crippen LogP contribution in [0.15, 0.2) is 47.2 Å². The minimum Gasteiger partial charge on any atom is -0.453 e. The molecule has 0 spiro atoms. The summed E-state index contributed by atoms with van der Waals surface area (Å²) < 4.78 is 6.31. The maximum atomic E-state index is 6.31. The van der Waals surface area contributed by atoms with E-state index >= 15 is 0 Å². The van der Waals surface area contributed by atoms with Gasteiger partial charge in [0.25, 0.3) is 0 Å². The molecule has 0 aromatic heterocycles. The van der Waals surface area contributed by atoms with E-state index in [9.17, 15) is 0 Å². The number of likely N-dealkylation sites (N-methyl/N-ethyl adjacent to an activating group) is 1. The number of rotatable bonds is 3. The van der Waals surface area contributed by atoms with E-state index in [1.54, 1.807) is 0 Å². The molecule has 1 N–H and O–H groups in total. The van der Waals surface area contributed by atoms with E-state index in [4.69, 9.17) is 9.73 Å². The first kappa shape index (κ1) is 19.9. The van der Waals surface area contributed by atoms with Crippen molar-refractivity contribution in [2.24, 2.45) is 4.99 Å². The van der Waals surface area contributed by atoms with E-state index in [0.717, 1.165) is 54.8 Å². The molecule has 1 aromatic carbocycles. The zero-order chi connectivity index (χ0) is 18.3. The second-order valence-corrected chi connectivity index (χ2v) is 7.40. The molecule has 27 heavy (non-hydrogen) atoms. The highest BCUT2D eigenvalue weighted by molar-refractivity contribution is 6.11. The number of halogens is 1. The first-order valence-electron chi connectivity index (χ1n) is 9.13. The van der Waals surface area contributed by atoms with Crippen molar-refractivity contribution in [3.05, 3.63) is 42.2 Å². The minimum absolute atomic E-state index is 0. The van der Waals surface area contributed by atoms with Crippen molar-refractivity contribution in [3.63, 3.8) is 0 Å². The maximum Gasteiger partial charge on any atom is 0.155 e. The summed E-state index contributed by atoms with van der Waals surface area (Å²) in [6.07, 6.45) is 6.55. The van der Waals surface area contributed by atoms with Gasteiger partial charge < -0.3 is 15.0 Å². The van der Waals surface area contributed by atoms with E-state index in [-0.39, 0.29) is 18.1 Å². The van der Waals surface area contributed by atoms with Gasteiger partial charge in [-0.1, -0.05) is 0 Å². The predicted octanol–water partition coefficient (Wildman–Crippen LogP) is 2.26. The van der Waals surface area contributed by atoms with Gasteiger partial charge in [-0.3, -0.25) is 9.80 Å². The quantitative estimate of drug-likeness (QED) is 0.859. The van der Waals surface area contributed by atoms with Gasteiger partial charge in [0.05, 0.1) is 0 Å². The average Bonchev–Trinajstić information content (AvgIpc) is 2.65. The van der Waals surface area contributed by atoms with Crippen LogP contribution in [0.3, 0.4) is 0 Å². The normalized spacial score (nSPS) is 24.2. The molecule has 1 fully saturated rings. The lowest BCUT2D eigenvalue weighted by atomic mass is 9.96. The Balaban J connectivity index is 0.00000210. The zero-order valence-corrected chi connectivity index (χ0v) is 17.2. The minimum atomic E-state index is -0.285. The molecule has 0 saturated carbocycles. The Labute approximate surface area is 167 Å². The topological polar surface area (TPSA) is 43.3 Å². The molecule has 146 valence electrons. The van der Waals surface area contributed by atoms with Crippen molar-refractivity contribution in [3.8, 4) is 5.75 Å². The van der Waals surface area contributed by atoms with Crippen molar-refractivity contribution in [1.82, 2.24) is 15.1 Å². The lowest BCUT2D eigenvalue weighted by Crippen LogP contribution is -2.61. The molecule has 1 atom stereocenters. The highest BCUT2D eigenvalue weighted by Crippen LogP contribution is 2.39. The fourth-order valence-corrected chi connectivity index (χ4v) is 3.76. The number of nitrogens with one attached hydrogen (secondary N) is 1. The van der Waals surface area contributed by atoms with Crippen LogP contribution in [-0.4, -0.2) is 75.5 Å². The molecule has 0 bridgehead atoms. The van der Waals surface area contributed by atoms with Gasteiger partial charge in [0.15, 0.2) is 11.5 Å². The first-order valence-corrected chi connectivity index (χ1v) is 9.13. The number of hydrogen-bond donors (Lipinski definition) is 1. The molecule has 0 radical (unpaired) electrons. The number of benzene rings is 1. The molecule has 6 nitrogen and oxygen atoms in total. The average molecular weight is 390 g/mol. The molecule has 3 aliphatic rings. The van der Waals surface area contributed by atoms with Crippen LogP contribution in [0.2, 0.25) is 0 Å². The highest BCUT2D eigenvalue weighted by atomic mass is 35.5. The molecular formula is C20H28ClN5O. The van der Waals surface area contributed by atoms with Gasteiger partial charge >= 0.3 is 0 Å². The number of piperazine rings is 1. The van der Waals surface area contributed by atoms with Crippen molar-refractivity contribution < 1.29 is 4.74 Å². The second-order valence-electron chi connectivity index (χ2n) is 7.40. The zero-order valence-electron chi connectivity index (χ0n) is 16.4. The molecule has 0 amide bonds. The van der Waals surface area contributed by atoms with E-state index in [0.29, 0.717) is 0 Å². The third kappa shape index (κ3) is 3.50. The molecular weight excluding hydrogens is 362 g/mol. The van der Waals surface area contributed by atoms with Crippen LogP contribution in [0.1, 0.15) is 0 Å². The molecule has 1 saturated heterocycles. The van der Waals surface area contributed by atoms with Crippen molar-refractivity contribution in [1.29, 1.82) is 0 Å². The third-order valence-corrected chi connectivity index (χ3v) is 5.34. The van der Waals surface area contributed by atoms with Crippen LogP contribution < -0.4 is 15.0 Å². The summed E-state index contributed by atoms with van der Waals surface area (Å²) in [7, 11) is 8.30. The Bertz CT molecular complexity index is 796. The van der Waals surface area contributed by atoms with Crippen LogP contribution >= 0.6 is 12.4 Å². The predicted molar refractivity (Wildman–Crippen MR) is 114 cm³/mol. The number of allylic oxidation sites excluding steroid dienone is 1. The number of fused-ring (bicyclic) bond motifs is 2. The van der Waals surface area contributed by atoms with E-state index in [1.807, 2.05) is 20.2 Å². The summed E-state index contributed by atoms with van der Waals surface area (Å²) in [6, 6.07) is 6.14. The Morgan fingerprint density at radius 2 is 1.89 bits per heavy atom. The Kier molecular flexibility index (Phi) is 5.63. The molecule has 2 aliphatic heterocycles. The molecule has 4 rings (SSSR count). The number of ether oxygens (including phenoxy) is 1. The molecule has 1 aromatic rings. The Hall–Kier alpha value is -1.86. The van der Waals surface area contributed by atoms with Crippen molar-refractivity contribution in [2.75, 3.05) is 59.3 Å². The smallest absolute Gasteiger partial charge is 0.155 e. The first-order chi connectivity index (χ1) is 12.5. The summed E-state index contributed by atoms with van der Waals surface area (Å²) in [5.74, 6) is 1.65. The Morgan fingerprint density at radius 1 is 1.15 bits per heavy atom. The number of anilines is 1. The second kappa shape index (κ2) is 7.64. The third-order valence-electron chi connectivity index (χ3n) is 5.34. The lowest BCUT2D eigenvalue weighted by molar-refractivity contribution is 0.0378. The summed E-state index contributed by atoms with van der Waals surface area (Å²) in [4.78, 5) is 11.6. The highest BCUT2D eigenvalue weighted by Gasteiger charge is 2.39. The monoisotopic (exact) mass is 389 g/mol. The van der Waals surface area contributed by atoms with E-state index < -0.39 is 0 Å². The van der Waals surface area contributed by atoms with Crippen molar-refractivity contribution in [2.45, 2.75) is 5.66 Å². The van der Waals surface area contributed by atoms with Crippen LogP contribution in [0.25, 0.3) is 0 Å². The summed E-state index contributed by atoms with van der Waals surface area (Å²) in [5, 5.41) is 3.43. The van der Waals surface area contributed by atoms with E-state index in [2.05, 4.69) is 64.5 Å². The molecule has 1 unspecified atom stereocenters. The summed E-state index contributed by atoms with van der Waals surface area (Å²) >= 11 is 0. The van der Waals surface area contributed by atoms with Crippen LogP contribution in [-0.2, 0) is 0 Å². The van der Waals surface area contributed by atoms with E-state index in [1.165, 1.54) is 0 Å². The largest absolute Gasteiger partial charge is 0.453 e. The number of hydrogen-bond acceptors (Lipinski definition) is 6. The SMILES string of the molecule is CN(C)c1ccc2c(c1)OC1=CC(N(C)C)(N3CCNCC3)C=CC1=N2.Cl. The van der Waals surface area contributed by atoms with Gasteiger partial charge in [-0.25, -0.2) is 4.99 Å². The van der Waals surface area contributed by atoms with Crippen LogP contribution in [0, 0.1) is 0 Å². The van der Waals surface area contributed by atoms with Gasteiger partial charge in [0.1, 0.15) is 17.1 Å². The summed E-state index contributed by atoms with van der Waals surface area (Å²) in [5.41, 5.74) is 2.59. The number of aliphatic imine (C=N–C) groups is 1. The van der Waals surface area contributed by atoms with Crippen LogP contribution in [0.4, 0.5) is 11.4 Å². The number of nitrogens with zero attached hydrogens (tertiary/aromatic N) is 4. The molecule has 7 heteroatoms. The van der Waals surface area contributed by atoms with Crippen LogP contribution in [0.5, 0.6) is 5.75 Å².